The summed E-state index contributed by atoms with van der Waals surface area (Å²) in [4.78, 5) is 0. The average Bonchev–Trinajstić information content (AvgIpc) is 2.50. The minimum atomic E-state index is 0.310. The lowest BCUT2D eigenvalue weighted by Crippen LogP contribution is -1.79. The Hall–Kier alpha value is -1.34. The Balaban J connectivity index is 3.41. The van der Waals surface area contributed by atoms with Gasteiger partial charge in [-0.15, -0.1) is 0 Å². The van der Waals surface area contributed by atoms with Gasteiger partial charge in [-0.05, 0) is 51.4 Å². The molecule has 0 radical (unpaired) electrons. The van der Waals surface area contributed by atoms with Crippen molar-refractivity contribution in [2.75, 3.05) is 6.61 Å². The van der Waals surface area contributed by atoms with Crippen LogP contribution in [-0.4, -0.2) is 11.7 Å². The molecule has 0 atom stereocenters. The Labute approximate surface area is 131 Å². The molecule has 0 aromatic heterocycles. The van der Waals surface area contributed by atoms with E-state index in [-0.39, 0.29) is 0 Å². The predicted octanol–water partition coefficient (Wildman–Crippen LogP) is 5.90. The van der Waals surface area contributed by atoms with Gasteiger partial charge < -0.3 is 5.11 Å². The van der Waals surface area contributed by atoms with E-state index in [4.69, 9.17) is 5.11 Å². The summed E-state index contributed by atoms with van der Waals surface area (Å²) in [5.41, 5.74) is 0. The third kappa shape index (κ3) is 18.7. The molecule has 1 N–H and O–H groups in total. The fourth-order valence-corrected chi connectivity index (χ4v) is 1.74. The fourth-order valence-electron chi connectivity index (χ4n) is 1.74. The van der Waals surface area contributed by atoms with Crippen molar-refractivity contribution < 1.29 is 5.11 Å². The number of hydrogen-bond acceptors (Lipinski definition) is 1. The minimum Gasteiger partial charge on any atom is -0.396 e. The minimum absolute atomic E-state index is 0.310. The van der Waals surface area contributed by atoms with Gasteiger partial charge in [0.15, 0.2) is 0 Å². The Bertz CT molecular complexity index is 332. The zero-order chi connectivity index (χ0) is 15.4. The van der Waals surface area contributed by atoms with E-state index < -0.39 is 0 Å². The van der Waals surface area contributed by atoms with Crippen LogP contribution in [0.1, 0.15) is 58.3 Å². The van der Waals surface area contributed by atoms with Crippen LogP contribution in [0.4, 0.5) is 0 Å². The Morgan fingerprint density at radius 2 is 1.00 bits per heavy atom. The van der Waals surface area contributed by atoms with Crippen LogP contribution in [-0.2, 0) is 0 Å². The van der Waals surface area contributed by atoms with Crippen molar-refractivity contribution in [3.63, 3.8) is 0 Å². The van der Waals surface area contributed by atoms with E-state index in [2.05, 4.69) is 67.7 Å². The summed E-state index contributed by atoms with van der Waals surface area (Å²) < 4.78 is 0. The summed E-state index contributed by atoms with van der Waals surface area (Å²) in [6.07, 6.45) is 30.4. The van der Waals surface area contributed by atoms with Gasteiger partial charge in [0.05, 0.1) is 0 Å². The normalized spacial score (nSPS) is 13.0. The molecule has 0 aromatic rings. The molecule has 0 aliphatic carbocycles. The van der Waals surface area contributed by atoms with Crippen molar-refractivity contribution in [1.82, 2.24) is 0 Å². The van der Waals surface area contributed by atoms with E-state index in [9.17, 15) is 0 Å². The lowest BCUT2D eigenvalue weighted by molar-refractivity contribution is 0.285. The summed E-state index contributed by atoms with van der Waals surface area (Å²) in [7, 11) is 0. The molecule has 0 spiro atoms. The van der Waals surface area contributed by atoms with E-state index in [1.807, 2.05) is 0 Å². The van der Waals surface area contributed by atoms with E-state index in [0.29, 0.717) is 6.61 Å². The monoisotopic (exact) mass is 288 g/mol. The first-order valence-electron chi connectivity index (χ1n) is 8.27. The van der Waals surface area contributed by atoms with Gasteiger partial charge in [0, 0.05) is 6.61 Å². The van der Waals surface area contributed by atoms with Gasteiger partial charge in [0.25, 0.3) is 0 Å². The Kier molecular flexibility index (Phi) is 17.5. The average molecular weight is 288 g/mol. The van der Waals surface area contributed by atoms with Crippen LogP contribution >= 0.6 is 0 Å². The van der Waals surface area contributed by atoms with E-state index in [1.54, 1.807) is 0 Å². The van der Waals surface area contributed by atoms with Crippen molar-refractivity contribution in [2.24, 2.45) is 0 Å². The molecule has 0 rings (SSSR count). The second kappa shape index (κ2) is 18.7. The quantitative estimate of drug-likeness (QED) is 0.330. The number of hydrogen-bond donors (Lipinski definition) is 1. The molecule has 0 heterocycles. The van der Waals surface area contributed by atoms with Crippen molar-refractivity contribution in [1.29, 1.82) is 0 Å². The van der Waals surface area contributed by atoms with E-state index >= 15 is 0 Å². The second-order valence-electron chi connectivity index (χ2n) is 4.93. The molecule has 0 aromatic carbocycles. The van der Waals surface area contributed by atoms with Crippen molar-refractivity contribution in [3.05, 3.63) is 60.8 Å². The van der Waals surface area contributed by atoms with E-state index in [0.717, 1.165) is 51.4 Å². The second-order valence-corrected chi connectivity index (χ2v) is 4.93. The standard InChI is InChI=1S/C20H32O/c1-2-3-4-5-6-7-8-9-10-11-12-13-14-15-16-17-18-19-20-21/h3-4,6-7,9-10,12-13,15-16,21H,2,5,8,11,14,17-20H2,1H3. The van der Waals surface area contributed by atoms with Crippen LogP contribution in [0.3, 0.4) is 0 Å². The molecule has 21 heavy (non-hydrogen) atoms. The molecule has 0 aliphatic heterocycles. The number of rotatable bonds is 13. The summed E-state index contributed by atoms with van der Waals surface area (Å²) in [6, 6.07) is 0. The first kappa shape index (κ1) is 19.7. The first-order valence-corrected chi connectivity index (χ1v) is 8.27. The highest BCUT2D eigenvalue weighted by atomic mass is 16.2. The third-order valence-corrected chi connectivity index (χ3v) is 2.94. The molecule has 0 amide bonds. The summed E-state index contributed by atoms with van der Waals surface area (Å²) >= 11 is 0. The number of aliphatic hydroxyl groups excluding tert-OH is 1. The molecular formula is C20H32O. The van der Waals surface area contributed by atoms with Gasteiger partial charge in [-0.3, -0.25) is 0 Å². The highest BCUT2D eigenvalue weighted by molar-refractivity contribution is 5.00. The van der Waals surface area contributed by atoms with Crippen molar-refractivity contribution in [3.8, 4) is 0 Å². The molecule has 1 heteroatoms. The lowest BCUT2D eigenvalue weighted by atomic mass is 10.2. The van der Waals surface area contributed by atoms with Gasteiger partial charge in [-0.25, -0.2) is 0 Å². The topological polar surface area (TPSA) is 20.2 Å². The van der Waals surface area contributed by atoms with Gasteiger partial charge in [0.1, 0.15) is 0 Å². The molecule has 0 saturated heterocycles. The zero-order valence-corrected chi connectivity index (χ0v) is 13.6. The SMILES string of the molecule is CCC=CCC=CCC=CCC=CCC=CCCCCO. The molecule has 0 aliphatic rings. The molecule has 0 saturated carbocycles. The summed E-state index contributed by atoms with van der Waals surface area (Å²) in [5.74, 6) is 0. The van der Waals surface area contributed by atoms with Crippen molar-refractivity contribution in [2.45, 2.75) is 58.3 Å². The molecule has 0 unspecified atom stereocenters. The van der Waals surface area contributed by atoms with Gasteiger partial charge in [0.2, 0.25) is 0 Å². The van der Waals surface area contributed by atoms with Crippen LogP contribution < -0.4 is 0 Å². The van der Waals surface area contributed by atoms with Crippen LogP contribution in [0.15, 0.2) is 60.8 Å². The molecule has 1 nitrogen and oxygen atoms in total. The highest BCUT2D eigenvalue weighted by Gasteiger charge is 1.81. The van der Waals surface area contributed by atoms with Gasteiger partial charge in [-0.2, -0.15) is 0 Å². The van der Waals surface area contributed by atoms with Crippen LogP contribution in [0.25, 0.3) is 0 Å². The summed E-state index contributed by atoms with van der Waals surface area (Å²) in [6.45, 7) is 2.47. The largest absolute Gasteiger partial charge is 0.396 e. The third-order valence-electron chi connectivity index (χ3n) is 2.94. The Morgan fingerprint density at radius 1 is 0.571 bits per heavy atom. The van der Waals surface area contributed by atoms with Crippen molar-refractivity contribution >= 4 is 0 Å². The molecular weight excluding hydrogens is 256 g/mol. The van der Waals surface area contributed by atoms with Crippen LogP contribution in [0.2, 0.25) is 0 Å². The molecule has 0 bridgehead atoms. The Morgan fingerprint density at radius 3 is 1.43 bits per heavy atom. The maximum atomic E-state index is 8.64. The molecule has 0 fully saturated rings. The predicted molar refractivity (Wildman–Crippen MR) is 95.4 cm³/mol. The first-order chi connectivity index (χ1) is 10.4. The summed E-state index contributed by atoms with van der Waals surface area (Å²) in [5, 5.41) is 8.64. The number of allylic oxidation sites excluding steroid dienone is 10. The fraction of sp³-hybridized carbons (Fsp3) is 0.500. The zero-order valence-electron chi connectivity index (χ0n) is 13.6. The number of aliphatic hydroxyl groups is 1. The maximum absolute atomic E-state index is 8.64. The smallest absolute Gasteiger partial charge is 0.0431 e. The van der Waals surface area contributed by atoms with Gasteiger partial charge in [-0.1, -0.05) is 67.7 Å². The van der Waals surface area contributed by atoms with E-state index in [1.165, 1.54) is 0 Å². The highest BCUT2D eigenvalue weighted by Crippen LogP contribution is 1.98. The van der Waals surface area contributed by atoms with Crippen LogP contribution in [0.5, 0.6) is 0 Å². The molecule has 118 valence electrons. The maximum Gasteiger partial charge on any atom is 0.0431 e. The number of unbranched alkanes of at least 4 members (excludes halogenated alkanes) is 2. The van der Waals surface area contributed by atoms with Gasteiger partial charge >= 0.3 is 0 Å². The lowest BCUT2D eigenvalue weighted by Gasteiger charge is -1.90. The van der Waals surface area contributed by atoms with Crippen LogP contribution in [0, 0.1) is 0 Å².